The molecule has 120 valence electrons. The lowest BCUT2D eigenvalue weighted by Crippen LogP contribution is -2.26. The molecule has 0 radical (unpaired) electrons. The molecule has 0 bridgehead atoms. The number of hydrogen-bond donors (Lipinski definition) is 1. The smallest absolute Gasteiger partial charge is 0.131 e. The van der Waals surface area contributed by atoms with Crippen LogP contribution in [0.2, 0.25) is 0 Å². The Bertz CT molecular complexity index is 409. The first kappa shape index (κ1) is 17.9. The summed E-state index contributed by atoms with van der Waals surface area (Å²) in [4.78, 5) is 11.4. The van der Waals surface area contributed by atoms with Gasteiger partial charge in [0.15, 0.2) is 0 Å². The van der Waals surface area contributed by atoms with Gasteiger partial charge in [0.1, 0.15) is 5.82 Å². The summed E-state index contributed by atoms with van der Waals surface area (Å²) < 4.78 is 5.43. The van der Waals surface area contributed by atoms with Crippen LogP contribution in [0.1, 0.15) is 51.6 Å². The highest BCUT2D eigenvalue weighted by Crippen LogP contribution is 2.19. The highest BCUT2D eigenvalue weighted by molar-refractivity contribution is 5.48. The Morgan fingerprint density at radius 1 is 1.33 bits per heavy atom. The maximum absolute atomic E-state index is 5.43. The fourth-order valence-corrected chi connectivity index (χ4v) is 2.00. The van der Waals surface area contributed by atoms with E-state index in [2.05, 4.69) is 43.0 Å². The van der Waals surface area contributed by atoms with Gasteiger partial charge in [-0.1, -0.05) is 20.8 Å². The Morgan fingerprint density at radius 3 is 2.71 bits per heavy atom. The van der Waals surface area contributed by atoms with Gasteiger partial charge in [-0.15, -0.1) is 0 Å². The number of anilines is 1. The van der Waals surface area contributed by atoms with Gasteiger partial charge in [0.05, 0.1) is 24.2 Å². The number of rotatable bonds is 10. The van der Waals surface area contributed by atoms with Crippen molar-refractivity contribution in [3.05, 3.63) is 17.7 Å². The molecule has 1 aromatic rings. The first-order valence-electron chi connectivity index (χ1n) is 7.95. The molecule has 0 unspecified atom stereocenters. The summed E-state index contributed by atoms with van der Waals surface area (Å²) in [5.74, 6) is 1.25. The quantitative estimate of drug-likeness (QED) is 0.672. The van der Waals surface area contributed by atoms with Crippen LogP contribution in [-0.4, -0.2) is 43.3 Å². The fraction of sp³-hybridized carbons (Fsp3) is 0.750. The van der Waals surface area contributed by atoms with Gasteiger partial charge in [0, 0.05) is 32.7 Å². The van der Waals surface area contributed by atoms with E-state index >= 15 is 0 Å². The second kappa shape index (κ2) is 9.68. The summed E-state index contributed by atoms with van der Waals surface area (Å²) in [5, 5.41) is 3.43. The standard InChI is InChI=1S/C16H30N4O/c1-6-8-17-11-14-15(20(5)9-10-21-7-2)12-18-16(19-14)13(3)4/h12-13,17H,6-11H2,1-5H3. The first-order valence-corrected chi connectivity index (χ1v) is 7.95. The second-order valence-corrected chi connectivity index (χ2v) is 5.51. The molecule has 0 amide bonds. The van der Waals surface area contributed by atoms with Crippen molar-refractivity contribution in [3.8, 4) is 0 Å². The van der Waals surface area contributed by atoms with E-state index in [9.17, 15) is 0 Å². The van der Waals surface area contributed by atoms with Crippen LogP contribution >= 0.6 is 0 Å². The normalized spacial score (nSPS) is 11.1. The lowest BCUT2D eigenvalue weighted by molar-refractivity contribution is 0.154. The molecule has 1 N–H and O–H groups in total. The van der Waals surface area contributed by atoms with Crippen molar-refractivity contribution in [3.63, 3.8) is 0 Å². The number of ether oxygens (including phenoxy) is 1. The molecular weight excluding hydrogens is 264 g/mol. The second-order valence-electron chi connectivity index (χ2n) is 5.51. The zero-order valence-electron chi connectivity index (χ0n) is 14.1. The molecule has 0 atom stereocenters. The Morgan fingerprint density at radius 2 is 2.10 bits per heavy atom. The largest absolute Gasteiger partial charge is 0.380 e. The van der Waals surface area contributed by atoms with E-state index in [0.717, 1.165) is 56.5 Å². The molecule has 1 rings (SSSR count). The number of nitrogens with one attached hydrogen (secondary N) is 1. The van der Waals surface area contributed by atoms with Gasteiger partial charge in [0.2, 0.25) is 0 Å². The Labute approximate surface area is 129 Å². The number of likely N-dealkylation sites (N-methyl/N-ethyl adjacent to an activating group) is 1. The molecule has 0 aliphatic carbocycles. The average molecular weight is 294 g/mol. The predicted octanol–water partition coefficient (Wildman–Crippen LogP) is 2.57. The van der Waals surface area contributed by atoms with Gasteiger partial charge < -0.3 is 15.0 Å². The fourth-order valence-electron chi connectivity index (χ4n) is 2.00. The molecule has 1 aromatic heterocycles. The monoisotopic (exact) mass is 294 g/mol. The minimum atomic E-state index is 0.345. The van der Waals surface area contributed by atoms with Crippen LogP contribution in [0.15, 0.2) is 6.20 Å². The number of hydrogen-bond acceptors (Lipinski definition) is 5. The molecule has 5 heteroatoms. The van der Waals surface area contributed by atoms with Gasteiger partial charge >= 0.3 is 0 Å². The van der Waals surface area contributed by atoms with Crippen LogP contribution < -0.4 is 10.2 Å². The molecule has 0 saturated heterocycles. The minimum Gasteiger partial charge on any atom is -0.380 e. The van der Waals surface area contributed by atoms with Gasteiger partial charge in [-0.3, -0.25) is 0 Å². The van der Waals surface area contributed by atoms with Gasteiger partial charge in [0.25, 0.3) is 0 Å². The Balaban J connectivity index is 2.83. The van der Waals surface area contributed by atoms with Crippen molar-refractivity contribution in [2.45, 2.75) is 46.6 Å². The number of aromatic nitrogens is 2. The lowest BCUT2D eigenvalue weighted by Gasteiger charge is -2.22. The summed E-state index contributed by atoms with van der Waals surface area (Å²) >= 11 is 0. The van der Waals surface area contributed by atoms with Gasteiger partial charge in [-0.05, 0) is 19.9 Å². The predicted molar refractivity (Wildman–Crippen MR) is 87.9 cm³/mol. The highest BCUT2D eigenvalue weighted by atomic mass is 16.5. The topological polar surface area (TPSA) is 50.3 Å². The molecule has 5 nitrogen and oxygen atoms in total. The van der Waals surface area contributed by atoms with Gasteiger partial charge in [-0.2, -0.15) is 0 Å². The molecular formula is C16H30N4O. The lowest BCUT2D eigenvalue weighted by atomic mass is 10.2. The van der Waals surface area contributed by atoms with E-state index < -0.39 is 0 Å². The van der Waals surface area contributed by atoms with Crippen molar-refractivity contribution < 1.29 is 4.74 Å². The summed E-state index contributed by atoms with van der Waals surface area (Å²) in [5.41, 5.74) is 2.16. The molecule has 0 fully saturated rings. The summed E-state index contributed by atoms with van der Waals surface area (Å²) in [6.07, 6.45) is 3.06. The van der Waals surface area contributed by atoms with E-state index in [1.807, 2.05) is 13.1 Å². The van der Waals surface area contributed by atoms with Gasteiger partial charge in [-0.25, -0.2) is 9.97 Å². The van der Waals surface area contributed by atoms with Crippen molar-refractivity contribution in [2.75, 3.05) is 38.3 Å². The Kier molecular flexibility index (Phi) is 8.23. The zero-order valence-corrected chi connectivity index (χ0v) is 14.1. The molecule has 0 aromatic carbocycles. The number of nitrogens with zero attached hydrogens (tertiary/aromatic N) is 3. The highest BCUT2D eigenvalue weighted by Gasteiger charge is 2.12. The first-order chi connectivity index (χ1) is 10.1. The van der Waals surface area contributed by atoms with E-state index in [0.29, 0.717) is 5.92 Å². The van der Waals surface area contributed by atoms with E-state index in [1.54, 1.807) is 0 Å². The average Bonchev–Trinajstić information content (AvgIpc) is 2.47. The molecule has 1 heterocycles. The van der Waals surface area contributed by atoms with Crippen molar-refractivity contribution in [2.24, 2.45) is 0 Å². The maximum atomic E-state index is 5.43. The van der Waals surface area contributed by atoms with Crippen LogP contribution in [0.4, 0.5) is 5.69 Å². The summed E-state index contributed by atoms with van der Waals surface area (Å²) in [6, 6.07) is 0. The van der Waals surface area contributed by atoms with E-state index in [4.69, 9.17) is 9.72 Å². The minimum absolute atomic E-state index is 0.345. The zero-order chi connectivity index (χ0) is 15.7. The summed E-state index contributed by atoms with van der Waals surface area (Å²) in [7, 11) is 2.07. The van der Waals surface area contributed by atoms with Crippen LogP contribution in [0.3, 0.4) is 0 Å². The SMILES string of the molecule is CCCNCc1nc(C(C)C)ncc1N(C)CCOCC. The summed E-state index contributed by atoms with van der Waals surface area (Å²) in [6.45, 7) is 12.5. The van der Waals surface area contributed by atoms with E-state index in [-0.39, 0.29) is 0 Å². The van der Waals surface area contributed by atoms with Crippen molar-refractivity contribution in [1.82, 2.24) is 15.3 Å². The van der Waals surface area contributed by atoms with Crippen LogP contribution in [0, 0.1) is 0 Å². The molecule has 0 spiro atoms. The van der Waals surface area contributed by atoms with Crippen molar-refractivity contribution >= 4 is 5.69 Å². The maximum Gasteiger partial charge on any atom is 0.131 e. The molecule has 21 heavy (non-hydrogen) atoms. The Hall–Kier alpha value is -1.20. The third-order valence-electron chi connectivity index (χ3n) is 3.29. The molecule has 0 aliphatic heterocycles. The van der Waals surface area contributed by atoms with E-state index in [1.165, 1.54) is 0 Å². The van der Waals surface area contributed by atoms with Crippen LogP contribution in [0.25, 0.3) is 0 Å². The molecule has 0 saturated carbocycles. The third kappa shape index (κ3) is 5.98. The third-order valence-corrected chi connectivity index (χ3v) is 3.29. The molecule has 0 aliphatic rings. The van der Waals surface area contributed by atoms with Crippen molar-refractivity contribution in [1.29, 1.82) is 0 Å². The van der Waals surface area contributed by atoms with Crippen LogP contribution in [0.5, 0.6) is 0 Å². The van der Waals surface area contributed by atoms with Crippen LogP contribution in [-0.2, 0) is 11.3 Å².